The maximum absolute atomic E-state index is 11.9. The predicted octanol–water partition coefficient (Wildman–Crippen LogP) is 2.83. The van der Waals surface area contributed by atoms with Crippen LogP contribution in [0.2, 0.25) is 0 Å². The molecular formula is C14H23F3O4. The van der Waals surface area contributed by atoms with Gasteiger partial charge in [0.05, 0.1) is 24.7 Å². The minimum atomic E-state index is -4.17. The lowest BCUT2D eigenvalue weighted by Crippen LogP contribution is -2.40. The van der Waals surface area contributed by atoms with Gasteiger partial charge in [0, 0.05) is 13.0 Å². The number of carbonyl (C=O) groups excluding carboxylic acids is 1. The van der Waals surface area contributed by atoms with Crippen molar-refractivity contribution in [2.45, 2.75) is 57.2 Å². The van der Waals surface area contributed by atoms with Crippen molar-refractivity contribution in [2.75, 3.05) is 19.8 Å². The average Bonchev–Trinajstić information content (AvgIpc) is 2.38. The third-order valence-corrected chi connectivity index (χ3v) is 3.66. The first-order valence-electron chi connectivity index (χ1n) is 7.29. The highest BCUT2D eigenvalue weighted by molar-refractivity contribution is 5.72. The Kier molecular flexibility index (Phi) is 6.93. The summed E-state index contributed by atoms with van der Waals surface area (Å²) in [4.78, 5) is 11.6. The van der Waals surface area contributed by atoms with Crippen LogP contribution in [-0.2, 0) is 14.3 Å². The highest BCUT2D eigenvalue weighted by atomic mass is 19.4. The Hall–Kier alpha value is -0.820. The number of aliphatic hydroxyl groups is 1. The number of hydrogen-bond donors (Lipinski definition) is 1. The third kappa shape index (κ3) is 7.13. The second-order valence-electron chi connectivity index (χ2n) is 5.52. The summed E-state index contributed by atoms with van der Waals surface area (Å²) in [6.07, 6.45) is -3.33. The molecule has 0 saturated heterocycles. The van der Waals surface area contributed by atoms with Crippen LogP contribution in [0.15, 0.2) is 0 Å². The van der Waals surface area contributed by atoms with Crippen LogP contribution in [0.4, 0.5) is 13.2 Å². The van der Waals surface area contributed by atoms with Gasteiger partial charge >= 0.3 is 12.1 Å². The number of alkyl halides is 3. The number of hydrogen-bond acceptors (Lipinski definition) is 4. The molecular weight excluding hydrogens is 289 g/mol. The number of rotatable bonds is 7. The van der Waals surface area contributed by atoms with E-state index in [0.717, 1.165) is 0 Å². The summed E-state index contributed by atoms with van der Waals surface area (Å²) in [7, 11) is 0. The minimum absolute atomic E-state index is 0.0143. The molecule has 0 aliphatic heterocycles. The number of halogens is 3. The lowest BCUT2D eigenvalue weighted by Gasteiger charge is -2.34. The molecule has 1 rings (SSSR count). The molecule has 1 N–H and O–H groups in total. The fraction of sp³-hybridized carbons (Fsp3) is 0.929. The highest BCUT2D eigenvalue weighted by Gasteiger charge is 2.36. The zero-order chi connectivity index (χ0) is 15.9. The zero-order valence-electron chi connectivity index (χ0n) is 12.2. The van der Waals surface area contributed by atoms with Crippen LogP contribution in [0.5, 0.6) is 0 Å². The largest absolute Gasteiger partial charge is 0.466 e. The zero-order valence-corrected chi connectivity index (χ0v) is 12.2. The van der Waals surface area contributed by atoms with Gasteiger partial charge in [-0.2, -0.15) is 13.2 Å². The molecule has 1 fully saturated rings. The van der Waals surface area contributed by atoms with Crippen LogP contribution in [0.3, 0.4) is 0 Å². The molecule has 1 saturated carbocycles. The summed E-state index contributed by atoms with van der Waals surface area (Å²) in [6.45, 7) is 2.07. The van der Waals surface area contributed by atoms with Gasteiger partial charge in [0.25, 0.3) is 0 Å². The van der Waals surface area contributed by atoms with Gasteiger partial charge in [-0.1, -0.05) is 0 Å². The first-order chi connectivity index (χ1) is 9.76. The Morgan fingerprint density at radius 3 is 2.48 bits per heavy atom. The minimum Gasteiger partial charge on any atom is -0.466 e. The van der Waals surface area contributed by atoms with Crippen molar-refractivity contribution >= 4 is 5.97 Å². The Morgan fingerprint density at radius 2 is 1.95 bits per heavy atom. The maximum atomic E-state index is 11.9. The van der Waals surface area contributed by atoms with Crippen LogP contribution >= 0.6 is 0 Å². The molecule has 0 heterocycles. The Labute approximate surface area is 122 Å². The van der Waals surface area contributed by atoms with Gasteiger partial charge in [-0.25, -0.2) is 0 Å². The predicted molar refractivity (Wildman–Crippen MR) is 69.6 cm³/mol. The van der Waals surface area contributed by atoms with E-state index in [1.165, 1.54) is 0 Å². The fourth-order valence-electron chi connectivity index (χ4n) is 2.43. The first kappa shape index (κ1) is 18.2. The van der Waals surface area contributed by atoms with Crippen LogP contribution in [0.1, 0.15) is 45.4 Å². The van der Waals surface area contributed by atoms with Crippen molar-refractivity contribution in [3.63, 3.8) is 0 Å². The van der Waals surface area contributed by atoms with Crippen LogP contribution < -0.4 is 0 Å². The molecule has 0 unspecified atom stereocenters. The Bertz CT molecular complexity index is 323. The van der Waals surface area contributed by atoms with Gasteiger partial charge in [0.1, 0.15) is 0 Å². The molecule has 0 radical (unpaired) electrons. The number of esters is 1. The van der Waals surface area contributed by atoms with E-state index in [9.17, 15) is 23.1 Å². The van der Waals surface area contributed by atoms with Gasteiger partial charge in [-0.05, 0) is 39.0 Å². The van der Waals surface area contributed by atoms with E-state index in [2.05, 4.69) is 0 Å². The molecule has 21 heavy (non-hydrogen) atoms. The Morgan fingerprint density at radius 1 is 1.33 bits per heavy atom. The highest BCUT2D eigenvalue weighted by Crippen LogP contribution is 2.33. The second kappa shape index (κ2) is 7.98. The van der Waals surface area contributed by atoms with Crippen molar-refractivity contribution in [1.82, 2.24) is 0 Å². The fourth-order valence-corrected chi connectivity index (χ4v) is 2.43. The molecule has 0 atom stereocenters. The summed E-state index contributed by atoms with van der Waals surface area (Å²) < 4.78 is 45.9. The van der Waals surface area contributed by atoms with Gasteiger partial charge in [-0.3, -0.25) is 4.79 Å². The molecule has 0 aromatic heterocycles. The van der Waals surface area contributed by atoms with E-state index < -0.39 is 18.2 Å². The van der Waals surface area contributed by atoms with E-state index in [0.29, 0.717) is 32.3 Å². The molecule has 0 aromatic rings. The molecule has 0 amide bonds. The van der Waals surface area contributed by atoms with Gasteiger partial charge in [0.2, 0.25) is 0 Å². The SMILES string of the molecule is CCOC(=O)C1CCC(O)(COCCCC(F)(F)F)CC1. The van der Waals surface area contributed by atoms with Crippen LogP contribution in [0.25, 0.3) is 0 Å². The molecule has 1 aliphatic rings. The molecule has 124 valence electrons. The van der Waals surface area contributed by atoms with E-state index in [1.807, 2.05) is 0 Å². The lowest BCUT2D eigenvalue weighted by molar-refractivity contribution is -0.152. The Balaban J connectivity index is 2.20. The normalized spacial score (nSPS) is 26.6. The topological polar surface area (TPSA) is 55.8 Å². The molecule has 1 aliphatic carbocycles. The van der Waals surface area contributed by atoms with Crippen LogP contribution in [0, 0.1) is 5.92 Å². The summed E-state index contributed by atoms with van der Waals surface area (Å²) in [5, 5.41) is 10.3. The smallest absolute Gasteiger partial charge is 0.389 e. The quantitative estimate of drug-likeness (QED) is 0.580. The van der Waals surface area contributed by atoms with Crippen molar-refractivity contribution in [3.8, 4) is 0 Å². The lowest BCUT2D eigenvalue weighted by atomic mass is 9.79. The first-order valence-corrected chi connectivity index (χ1v) is 7.29. The molecule has 0 spiro atoms. The molecule has 0 bridgehead atoms. The maximum Gasteiger partial charge on any atom is 0.389 e. The van der Waals surface area contributed by atoms with E-state index in [-0.39, 0.29) is 31.5 Å². The van der Waals surface area contributed by atoms with Gasteiger partial charge < -0.3 is 14.6 Å². The average molecular weight is 312 g/mol. The molecule has 0 aromatic carbocycles. The second-order valence-corrected chi connectivity index (χ2v) is 5.52. The summed E-state index contributed by atoms with van der Waals surface area (Å²) >= 11 is 0. The number of carbonyl (C=O) groups is 1. The summed E-state index contributed by atoms with van der Waals surface area (Å²) in [5.41, 5.74) is -1.04. The van der Waals surface area contributed by atoms with Crippen molar-refractivity contribution in [1.29, 1.82) is 0 Å². The van der Waals surface area contributed by atoms with Crippen molar-refractivity contribution in [3.05, 3.63) is 0 Å². The summed E-state index contributed by atoms with van der Waals surface area (Å²) in [6, 6.07) is 0. The third-order valence-electron chi connectivity index (χ3n) is 3.66. The molecule has 4 nitrogen and oxygen atoms in total. The van der Waals surface area contributed by atoms with Gasteiger partial charge in [-0.15, -0.1) is 0 Å². The van der Waals surface area contributed by atoms with E-state index in [4.69, 9.17) is 9.47 Å². The monoisotopic (exact) mass is 312 g/mol. The standard InChI is InChI=1S/C14H23F3O4/c1-2-21-12(18)11-4-7-13(19,8-5-11)10-20-9-3-6-14(15,16)17/h11,19H,2-10H2,1H3. The summed E-state index contributed by atoms with van der Waals surface area (Å²) in [5.74, 6) is -0.443. The van der Waals surface area contributed by atoms with Gasteiger partial charge in [0.15, 0.2) is 0 Å². The molecule has 7 heteroatoms. The van der Waals surface area contributed by atoms with Crippen molar-refractivity contribution in [2.24, 2.45) is 5.92 Å². The van der Waals surface area contributed by atoms with E-state index in [1.54, 1.807) is 6.92 Å². The van der Waals surface area contributed by atoms with Crippen LogP contribution in [-0.4, -0.2) is 42.7 Å². The van der Waals surface area contributed by atoms with E-state index >= 15 is 0 Å². The van der Waals surface area contributed by atoms with Crippen molar-refractivity contribution < 1.29 is 32.5 Å². The number of ether oxygens (including phenoxy) is 2.